The summed E-state index contributed by atoms with van der Waals surface area (Å²) in [6.07, 6.45) is 4.16. The summed E-state index contributed by atoms with van der Waals surface area (Å²) >= 11 is 0. The van der Waals surface area contributed by atoms with Crippen molar-refractivity contribution in [3.8, 4) is 11.8 Å². The molecule has 0 radical (unpaired) electrons. The van der Waals surface area contributed by atoms with E-state index in [9.17, 15) is 9.18 Å². The summed E-state index contributed by atoms with van der Waals surface area (Å²) in [6, 6.07) is 4.41. The molecule has 1 saturated heterocycles. The lowest BCUT2D eigenvalue weighted by molar-refractivity contribution is 0.0607. The zero-order valence-electron chi connectivity index (χ0n) is 12.4. The maximum absolute atomic E-state index is 13.4. The summed E-state index contributed by atoms with van der Waals surface area (Å²) in [5, 5.41) is 0. The number of carbonyl (C=O) groups excluding carboxylic acids is 1. The lowest BCUT2D eigenvalue weighted by atomic mass is 9.97. The largest absolute Gasteiger partial charge is 0.336 e. The molecule has 112 valence electrons. The number of amides is 1. The number of hydrogen-bond acceptors (Lipinski definition) is 2. The number of halogens is 1. The maximum Gasteiger partial charge on any atom is 0.255 e. The van der Waals surface area contributed by atoms with Gasteiger partial charge in [0.15, 0.2) is 0 Å². The van der Waals surface area contributed by atoms with Crippen LogP contribution < -0.4 is 5.73 Å². The highest BCUT2D eigenvalue weighted by atomic mass is 19.1. The molecule has 2 N–H and O–H groups in total. The van der Waals surface area contributed by atoms with E-state index in [4.69, 9.17) is 5.73 Å². The zero-order chi connectivity index (χ0) is 15.2. The van der Waals surface area contributed by atoms with Gasteiger partial charge in [-0.25, -0.2) is 4.39 Å². The highest BCUT2D eigenvalue weighted by Crippen LogP contribution is 2.23. The first kappa shape index (κ1) is 15.5. The van der Waals surface area contributed by atoms with Crippen molar-refractivity contribution in [2.24, 2.45) is 5.73 Å². The van der Waals surface area contributed by atoms with Crippen molar-refractivity contribution >= 4 is 5.91 Å². The molecule has 0 aliphatic carbocycles. The van der Waals surface area contributed by atoms with Crippen LogP contribution in [0.15, 0.2) is 18.2 Å². The minimum Gasteiger partial charge on any atom is -0.336 e. The molecular formula is C17H21FN2O. The highest BCUT2D eigenvalue weighted by Gasteiger charge is 2.27. The average Bonchev–Trinajstić information content (AvgIpc) is 2.52. The Labute approximate surface area is 125 Å². The van der Waals surface area contributed by atoms with Gasteiger partial charge < -0.3 is 10.6 Å². The standard InChI is InChI=1S/C17H21FN2O/c1-2-15-7-3-4-11-20(15)17(21)16-9-8-14(18)12-13(16)6-5-10-19/h8-9,12,15H,2-4,7,10-11,19H2,1H3. The summed E-state index contributed by atoms with van der Waals surface area (Å²) < 4.78 is 13.4. The monoisotopic (exact) mass is 288 g/mol. The minimum atomic E-state index is -0.390. The molecule has 4 heteroatoms. The van der Waals surface area contributed by atoms with Crippen molar-refractivity contribution in [2.75, 3.05) is 13.1 Å². The number of likely N-dealkylation sites (tertiary alicyclic amines) is 1. The number of nitrogens with zero attached hydrogens (tertiary/aromatic N) is 1. The van der Waals surface area contributed by atoms with Crippen molar-refractivity contribution in [3.63, 3.8) is 0 Å². The third-order valence-electron chi connectivity index (χ3n) is 3.90. The highest BCUT2D eigenvalue weighted by molar-refractivity contribution is 5.97. The minimum absolute atomic E-state index is 0.0529. The molecule has 0 saturated carbocycles. The molecule has 1 amide bonds. The van der Waals surface area contributed by atoms with Crippen molar-refractivity contribution < 1.29 is 9.18 Å². The number of piperidine rings is 1. The van der Waals surface area contributed by atoms with Crippen molar-refractivity contribution in [3.05, 3.63) is 35.1 Å². The first-order valence-corrected chi connectivity index (χ1v) is 7.46. The summed E-state index contributed by atoms with van der Waals surface area (Å²) in [5.74, 6) is 5.06. The number of hydrogen-bond donors (Lipinski definition) is 1. The van der Waals surface area contributed by atoms with Gasteiger partial charge in [-0.2, -0.15) is 0 Å². The number of benzene rings is 1. The fraction of sp³-hybridized carbons (Fsp3) is 0.471. The van der Waals surface area contributed by atoms with Gasteiger partial charge in [0, 0.05) is 18.2 Å². The van der Waals surface area contributed by atoms with E-state index in [-0.39, 0.29) is 18.5 Å². The van der Waals surface area contributed by atoms with Gasteiger partial charge in [0.1, 0.15) is 5.82 Å². The second-order valence-corrected chi connectivity index (χ2v) is 5.25. The molecule has 1 atom stereocenters. The number of rotatable bonds is 2. The predicted molar refractivity (Wildman–Crippen MR) is 81.3 cm³/mol. The van der Waals surface area contributed by atoms with Gasteiger partial charge in [0.2, 0.25) is 0 Å². The van der Waals surface area contributed by atoms with Crippen LogP contribution in [0.4, 0.5) is 4.39 Å². The molecule has 1 fully saturated rings. The molecule has 0 spiro atoms. The van der Waals surface area contributed by atoms with Gasteiger partial charge in [-0.05, 0) is 43.9 Å². The normalized spacial score (nSPS) is 18.0. The van der Waals surface area contributed by atoms with E-state index >= 15 is 0 Å². The first-order valence-electron chi connectivity index (χ1n) is 7.46. The first-order chi connectivity index (χ1) is 10.2. The Bertz CT molecular complexity index is 574. The quantitative estimate of drug-likeness (QED) is 0.850. The summed E-state index contributed by atoms with van der Waals surface area (Å²) in [4.78, 5) is 14.7. The summed E-state index contributed by atoms with van der Waals surface area (Å²) in [7, 11) is 0. The van der Waals surface area contributed by atoms with E-state index in [1.807, 2.05) is 4.90 Å². The van der Waals surface area contributed by atoms with Crippen LogP contribution in [0.5, 0.6) is 0 Å². The van der Waals surface area contributed by atoms with E-state index in [1.54, 1.807) is 0 Å². The van der Waals surface area contributed by atoms with Crippen LogP contribution in [0, 0.1) is 17.7 Å². The molecule has 1 aliphatic rings. The fourth-order valence-electron chi connectivity index (χ4n) is 2.80. The summed E-state index contributed by atoms with van der Waals surface area (Å²) in [5.41, 5.74) is 6.26. The molecule has 1 aliphatic heterocycles. The fourth-order valence-corrected chi connectivity index (χ4v) is 2.80. The van der Waals surface area contributed by atoms with Crippen LogP contribution in [-0.2, 0) is 0 Å². The van der Waals surface area contributed by atoms with Gasteiger partial charge in [0.25, 0.3) is 5.91 Å². The van der Waals surface area contributed by atoms with Crippen LogP contribution in [-0.4, -0.2) is 29.9 Å². The van der Waals surface area contributed by atoms with E-state index in [1.165, 1.54) is 18.2 Å². The molecule has 1 unspecified atom stereocenters. The maximum atomic E-state index is 13.4. The third kappa shape index (κ3) is 3.62. The van der Waals surface area contributed by atoms with E-state index in [2.05, 4.69) is 18.8 Å². The Morgan fingerprint density at radius 1 is 1.48 bits per heavy atom. The molecule has 0 aromatic heterocycles. The Balaban J connectivity index is 2.33. The lowest BCUT2D eigenvalue weighted by Gasteiger charge is -2.35. The predicted octanol–water partition coefficient (Wildman–Crippen LogP) is 2.54. The Morgan fingerprint density at radius 2 is 2.29 bits per heavy atom. The Morgan fingerprint density at radius 3 is 3.00 bits per heavy atom. The van der Waals surface area contributed by atoms with Crippen LogP contribution >= 0.6 is 0 Å². The molecule has 1 aromatic rings. The van der Waals surface area contributed by atoms with Crippen molar-refractivity contribution in [1.82, 2.24) is 4.90 Å². The van der Waals surface area contributed by atoms with Crippen LogP contribution in [0.25, 0.3) is 0 Å². The average molecular weight is 288 g/mol. The van der Waals surface area contributed by atoms with E-state index in [0.717, 1.165) is 32.2 Å². The lowest BCUT2D eigenvalue weighted by Crippen LogP contribution is -2.43. The van der Waals surface area contributed by atoms with Crippen LogP contribution in [0.3, 0.4) is 0 Å². The Hall–Kier alpha value is -1.86. The van der Waals surface area contributed by atoms with Gasteiger partial charge >= 0.3 is 0 Å². The molecule has 21 heavy (non-hydrogen) atoms. The van der Waals surface area contributed by atoms with Gasteiger partial charge in [-0.1, -0.05) is 18.8 Å². The molecule has 1 heterocycles. The molecule has 3 nitrogen and oxygen atoms in total. The third-order valence-corrected chi connectivity index (χ3v) is 3.90. The second-order valence-electron chi connectivity index (χ2n) is 5.25. The topological polar surface area (TPSA) is 46.3 Å². The summed E-state index contributed by atoms with van der Waals surface area (Å²) in [6.45, 7) is 3.04. The van der Waals surface area contributed by atoms with Crippen LogP contribution in [0.2, 0.25) is 0 Å². The van der Waals surface area contributed by atoms with Gasteiger partial charge in [-0.3, -0.25) is 4.79 Å². The van der Waals surface area contributed by atoms with Crippen molar-refractivity contribution in [2.45, 2.75) is 38.6 Å². The van der Waals surface area contributed by atoms with E-state index < -0.39 is 5.82 Å². The second kappa shape index (κ2) is 7.24. The number of nitrogens with two attached hydrogens (primary N) is 1. The molecule has 0 bridgehead atoms. The zero-order valence-corrected chi connectivity index (χ0v) is 12.4. The van der Waals surface area contributed by atoms with Crippen molar-refractivity contribution in [1.29, 1.82) is 0 Å². The molecule has 1 aromatic carbocycles. The smallest absolute Gasteiger partial charge is 0.255 e. The van der Waals surface area contributed by atoms with Crippen LogP contribution in [0.1, 0.15) is 48.5 Å². The molecular weight excluding hydrogens is 267 g/mol. The van der Waals surface area contributed by atoms with E-state index in [0.29, 0.717) is 11.1 Å². The molecule has 2 rings (SSSR count). The Kier molecular flexibility index (Phi) is 5.35. The van der Waals surface area contributed by atoms with Gasteiger partial charge in [0.05, 0.1) is 12.1 Å². The number of carbonyl (C=O) groups is 1. The van der Waals surface area contributed by atoms with Gasteiger partial charge in [-0.15, -0.1) is 0 Å². The SMILES string of the molecule is CCC1CCCCN1C(=O)c1ccc(F)cc1C#CCN.